The predicted molar refractivity (Wildman–Crippen MR) is 73.7 cm³/mol. The summed E-state index contributed by atoms with van der Waals surface area (Å²) in [5, 5.41) is 0. The molecule has 1 aliphatic rings. The van der Waals surface area contributed by atoms with Gasteiger partial charge < -0.3 is 10.6 Å². The number of hydrogen-bond donors (Lipinski definition) is 3. The second-order valence-corrected chi connectivity index (χ2v) is 6.25. The number of nitrogens with two attached hydrogens (primary N) is 1. The van der Waals surface area contributed by atoms with E-state index in [1.807, 2.05) is 0 Å². The Bertz CT molecular complexity index is 307. The first-order chi connectivity index (χ1) is 7.79. The van der Waals surface area contributed by atoms with E-state index in [2.05, 4.69) is 4.90 Å². The van der Waals surface area contributed by atoms with Gasteiger partial charge in [0.15, 0.2) is 0 Å². The van der Waals surface area contributed by atoms with Crippen LogP contribution in [-0.2, 0) is 10.4 Å². The molecule has 1 saturated heterocycles. The molecule has 17 heavy (non-hydrogen) atoms. The van der Waals surface area contributed by atoms with Crippen molar-refractivity contribution in [1.82, 2.24) is 4.90 Å². The maximum atomic E-state index is 8.74. The fourth-order valence-corrected chi connectivity index (χ4v) is 2.19. The van der Waals surface area contributed by atoms with Gasteiger partial charge in [0.2, 0.25) is 0 Å². The first kappa shape index (κ1) is 17.1. The molecule has 0 radical (unpaired) electrons. The van der Waals surface area contributed by atoms with Crippen LogP contribution in [-0.4, -0.2) is 52.1 Å². The Labute approximate surface area is 112 Å². The van der Waals surface area contributed by atoms with Gasteiger partial charge in [0.1, 0.15) is 4.32 Å². The number of likely N-dealkylation sites (tertiary alicyclic amines) is 1. The van der Waals surface area contributed by atoms with Crippen molar-refractivity contribution in [2.24, 2.45) is 5.73 Å². The molecular weight excluding hydrogens is 284 g/mol. The molecule has 0 unspecified atom stereocenters. The third kappa shape index (κ3) is 16.1. The fourth-order valence-electron chi connectivity index (χ4n) is 1.47. The smallest absolute Gasteiger partial charge is 0.385 e. The van der Waals surface area contributed by atoms with Gasteiger partial charge in [-0.3, -0.25) is 9.11 Å². The summed E-state index contributed by atoms with van der Waals surface area (Å²) < 4.78 is 32.2. The molecule has 1 fully saturated rings. The van der Waals surface area contributed by atoms with E-state index in [1.54, 1.807) is 11.8 Å². The zero-order valence-electron chi connectivity index (χ0n) is 9.41. The molecule has 4 N–H and O–H groups in total. The van der Waals surface area contributed by atoms with Crippen LogP contribution in [0.2, 0.25) is 0 Å². The Morgan fingerprint density at radius 2 is 1.82 bits per heavy atom. The zero-order chi connectivity index (χ0) is 13.3. The molecule has 1 rings (SSSR count). The van der Waals surface area contributed by atoms with Crippen molar-refractivity contribution in [1.29, 1.82) is 0 Å². The normalized spacial score (nSPS) is 16.4. The van der Waals surface area contributed by atoms with Gasteiger partial charge in [-0.15, -0.1) is 0 Å². The SMILES string of the molecule is NC(=S)SCCCN1CCCC1.O=S(=O)(O)O. The molecule has 9 heteroatoms. The Balaban J connectivity index is 0.000000437. The summed E-state index contributed by atoms with van der Waals surface area (Å²) in [6, 6.07) is 0. The Hall–Kier alpha value is 0.0700. The van der Waals surface area contributed by atoms with Crippen molar-refractivity contribution < 1.29 is 17.5 Å². The van der Waals surface area contributed by atoms with Gasteiger partial charge in [0.05, 0.1) is 0 Å². The topological polar surface area (TPSA) is 104 Å². The first-order valence-electron chi connectivity index (χ1n) is 5.13. The summed E-state index contributed by atoms with van der Waals surface area (Å²) in [5.74, 6) is 1.08. The number of rotatable bonds is 4. The van der Waals surface area contributed by atoms with Crippen LogP contribution in [0.4, 0.5) is 0 Å². The van der Waals surface area contributed by atoms with Crippen molar-refractivity contribution in [2.75, 3.05) is 25.4 Å². The van der Waals surface area contributed by atoms with E-state index < -0.39 is 10.4 Å². The number of nitrogens with zero attached hydrogens (tertiary/aromatic N) is 1. The monoisotopic (exact) mass is 302 g/mol. The predicted octanol–water partition coefficient (Wildman–Crippen LogP) is 0.796. The molecule has 0 aromatic rings. The molecule has 0 aromatic carbocycles. The van der Waals surface area contributed by atoms with Crippen LogP contribution in [0.15, 0.2) is 0 Å². The number of hydrogen-bond acceptors (Lipinski definition) is 5. The van der Waals surface area contributed by atoms with Gasteiger partial charge in [-0.25, -0.2) is 0 Å². The van der Waals surface area contributed by atoms with Gasteiger partial charge >= 0.3 is 10.4 Å². The third-order valence-corrected chi connectivity index (χ3v) is 3.19. The van der Waals surface area contributed by atoms with Gasteiger partial charge in [0.25, 0.3) is 0 Å². The van der Waals surface area contributed by atoms with Crippen LogP contribution in [0.1, 0.15) is 19.3 Å². The Morgan fingerprint density at radius 3 is 2.24 bits per heavy atom. The highest BCUT2D eigenvalue weighted by Crippen LogP contribution is 2.09. The average Bonchev–Trinajstić information content (AvgIpc) is 2.61. The van der Waals surface area contributed by atoms with Crippen LogP contribution in [0.25, 0.3) is 0 Å². The summed E-state index contributed by atoms with van der Waals surface area (Å²) >= 11 is 6.37. The van der Waals surface area contributed by atoms with Crippen LogP contribution >= 0.6 is 24.0 Å². The highest BCUT2D eigenvalue weighted by molar-refractivity contribution is 8.22. The van der Waals surface area contributed by atoms with E-state index in [0.717, 1.165) is 5.75 Å². The lowest BCUT2D eigenvalue weighted by Gasteiger charge is -2.13. The highest BCUT2D eigenvalue weighted by atomic mass is 32.3. The highest BCUT2D eigenvalue weighted by Gasteiger charge is 2.09. The second-order valence-electron chi connectivity index (χ2n) is 3.52. The minimum Gasteiger partial charge on any atom is -0.385 e. The molecule has 0 spiro atoms. The second kappa shape index (κ2) is 9.06. The number of thioether (sulfide) groups is 1. The van der Waals surface area contributed by atoms with Gasteiger partial charge in [0, 0.05) is 5.75 Å². The van der Waals surface area contributed by atoms with Crippen LogP contribution in [0.5, 0.6) is 0 Å². The first-order valence-corrected chi connectivity index (χ1v) is 7.92. The molecule has 0 bridgehead atoms. The standard InChI is InChI=1S/C8H16N2S2.H2O4S/c9-8(11)12-7-3-6-10-4-1-2-5-10;1-5(2,3)4/h1-7H2,(H2,9,11);(H2,1,2,3,4). The fraction of sp³-hybridized carbons (Fsp3) is 0.875. The molecule has 1 aliphatic heterocycles. The van der Waals surface area contributed by atoms with E-state index in [0.29, 0.717) is 4.32 Å². The Kier molecular flexibility index (Phi) is 9.10. The quantitative estimate of drug-likeness (QED) is 0.398. The molecule has 0 amide bonds. The van der Waals surface area contributed by atoms with Crippen molar-refractivity contribution in [3.8, 4) is 0 Å². The zero-order valence-corrected chi connectivity index (χ0v) is 11.9. The molecule has 0 saturated carbocycles. The molecule has 6 nitrogen and oxygen atoms in total. The molecule has 102 valence electrons. The average molecular weight is 302 g/mol. The summed E-state index contributed by atoms with van der Waals surface area (Å²) in [4.78, 5) is 2.51. The maximum absolute atomic E-state index is 8.74. The van der Waals surface area contributed by atoms with Crippen molar-refractivity contribution >= 4 is 38.7 Å². The van der Waals surface area contributed by atoms with E-state index in [-0.39, 0.29) is 0 Å². The summed E-state index contributed by atoms with van der Waals surface area (Å²) in [6.07, 6.45) is 3.97. The van der Waals surface area contributed by atoms with Crippen LogP contribution in [0, 0.1) is 0 Å². The summed E-state index contributed by atoms with van der Waals surface area (Å²) in [7, 11) is -4.67. The largest absolute Gasteiger partial charge is 0.394 e. The van der Waals surface area contributed by atoms with Crippen LogP contribution in [0.3, 0.4) is 0 Å². The minimum absolute atomic E-state index is 0.580. The van der Waals surface area contributed by atoms with Crippen molar-refractivity contribution in [2.45, 2.75) is 19.3 Å². The molecule has 0 atom stereocenters. The lowest BCUT2D eigenvalue weighted by atomic mass is 10.4. The van der Waals surface area contributed by atoms with Gasteiger partial charge in [-0.05, 0) is 38.9 Å². The Morgan fingerprint density at radius 1 is 1.35 bits per heavy atom. The molecule has 1 heterocycles. The molecule has 0 aromatic heterocycles. The van der Waals surface area contributed by atoms with Crippen molar-refractivity contribution in [3.63, 3.8) is 0 Å². The van der Waals surface area contributed by atoms with E-state index in [4.69, 9.17) is 35.5 Å². The van der Waals surface area contributed by atoms with Gasteiger partial charge in [-0.2, -0.15) is 8.42 Å². The molecule has 0 aliphatic carbocycles. The number of thiocarbonyl (C=S) groups is 1. The lowest BCUT2D eigenvalue weighted by molar-refractivity contribution is 0.341. The lowest BCUT2D eigenvalue weighted by Crippen LogP contribution is -2.21. The van der Waals surface area contributed by atoms with Crippen LogP contribution < -0.4 is 5.73 Å². The van der Waals surface area contributed by atoms with E-state index >= 15 is 0 Å². The molecular formula is C8H18N2O4S3. The maximum Gasteiger partial charge on any atom is 0.394 e. The summed E-state index contributed by atoms with van der Waals surface area (Å²) in [6.45, 7) is 3.80. The van der Waals surface area contributed by atoms with Gasteiger partial charge in [-0.1, -0.05) is 24.0 Å². The van der Waals surface area contributed by atoms with E-state index in [9.17, 15) is 0 Å². The third-order valence-electron chi connectivity index (χ3n) is 2.06. The van der Waals surface area contributed by atoms with Crippen molar-refractivity contribution in [3.05, 3.63) is 0 Å². The minimum atomic E-state index is -4.67. The van der Waals surface area contributed by atoms with E-state index in [1.165, 1.54) is 38.9 Å². The summed E-state index contributed by atoms with van der Waals surface area (Å²) in [5.41, 5.74) is 5.37.